The molecule has 0 saturated carbocycles. The number of ether oxygens (including phenoxy) is 1. The van der Waals surface area contributed by atoms with Gasteiger partial charge in [0.1, 0.15) is 5.75 Å². The van der Waals surface area contributed by atoms with Crippen LogP contribution in [0.5, 0.6) is 5.75 Å². The average molecular weight is 406 g/mol. The molecule has 1 fully saturated rings. The maximum absolute atomic E-state index is 12.9. The summed E-state index contributed by atoms with van der Waals surface area (Å²) in [6.07, 6.45) is -3.33. The van der Waals surface area contributed by atoms with Gasteiger partial charge in [0.15, 0.2) is 0 Å². The summed E-state index contributed by atoms with van der Waals surface area (Å²) in [6, 6.07) is 13.1. The zero-order chi connectivity index (χ0) is 20.9. The number of halogens is 3. The van der Waals surface area contributed by atoms with Crippen molar-refractivity contribution in [3.8, 4) is 5.75 Å². The van der Waals surface area contributed by atoms with Crippen LogP contribution in [0.2, 0.25) is 0 Å². The fraction of sp³-hybridized carbons (Fsp3) is 0.409. The summed E-state index contributed by atoms with van der Waals surface area (Å²) >= 11 is 0. The van der Waals surface area contributed by atoms with Crippen molar-refractivity contribution in [1.29, 1.82) is 0 Å². The number of benzene rings is 2. The van der Waals surface area contributed by atoms with Gasteiger partial charge in [-0.05, 0) is 43.7 Å². The van der Waals surface area contributed by atoms with Crippen LogP contribution in [0, 0.1) is 6.92 Å². The summed E-state index contributed by atoms with van der Waals surface area (Å²) in [5.74, 6) is 0.846. The molecular formula is C22H25F3N2O2. The van der Waals surface area contributed by atoms with Crippen LogP contribution < -0.4 is 9.64 Å². The van der Waals surface area contributed by atoms with Crippen LogP contribution in [0.15, 0.2) is 48.5 Å². The third kappa shape index (κ3) is 5.89. The van der Waals surface area contributed by atoms with E-state index in [1.807, 2.05) is 36.1 Å². The maximum Gasteiger partial charge on any atom is 0.416 e. The Labute approximate surface area is 168 Å². The lowest BCUT2D eigenvalue weighted by molar-refractivity contribution is -0.137. The number of alkyl halides is 3. The Morgan fingerprint density at radius 2 is 1.72 bits per heavy atom. The molecule has 1 aliphatic rings. The zero-order valence-corrected chi connectivity index (χ0v) is 16.4. The van der Waals surface area contributed by atoms with Crippen molar-refractivity contribution in [2.24, 2.45) is 0 Å². The summed E-state index contributed by atoms with van der Waals surface area (Å²) in [4.78, 5) is 16.0. The highest BCUT2D eigenvalue weighted by Gasteiger charge is 2.31. The van der Waals surface area contributed by atoms with E-state index >= 15 is 0 Å². The van der Waals surface area contributed by atoms with Crippen LogP contribution in [-0.2, 0) is 11.0 Å². The third-order valence-electron chi connectivity index (χ3n) is 5.00. The van der Waals surface area contributed by atoms with E-state index in [1.165, 1.54) is 12.1 Å². The molecule has 0 atom stereocenters. The molecule has 1 amide bonds. The van der Waals surface area contributed by atoms with E-state index in [9.17, 15) is 18.0 Å². The first kappa shape index (κ1) is 21.0. The number of carbonyl (C=O) groups is 1. The van der Waals surface area contributed by atoms with Crippen molar-refractivity contribution in [3.05, 3.63) is 59.7 Å². The Hall–Kier alpha value is -2.70. The van der Waals surface area contributed by atoms with Crippen LogP contribution in [0.1, 0.15) is 24.0 Å². The predicted octanol–water partition coefficient (Wildman–Crippen LogP) is 4.52. The molecule has 7 heteroatoms. The summed E-state index contributed by atoms with van der Waals surface area (Å²) in [7, 11) is 0. The van der Waals surface area contributed by atoms with Crippen molar-refractivity contribution in [3.63, 3.8) is 0 Å². The number of hydrogen-bond acceptors (Lipinski definition) is 3. The fourth-order valence-electron chi connectivity index (χ4n) is 3.30. The van der Waals surface area contributed by atoms with E-state index in [0.717, 1.165) is 17.4 Å². The van der Waals surface area contributed by atoms with E-state index in [4.69, 9.17) is 4.74 Å². The van der Waals surface area contributed by atoms with E-state index in [1.54, 1.807) is 11.0 Å². The molecule has 4 nitrogen and oxygen atoms in total. The molecule has 1 aliphatic heterocycles. The van der Waals surface area contributed by atoms with Gasteiger partial charge in [-0.1, -0.05) is 23.8 Å². The number of anilines is 1. The lowest BCUT2D eigenvalue weighted by Gasteiger charge is -2.36. The Morgan fingerprint density at radius 3 is 2.38 bits per heavy atom. The van der Waals surface area contributed by atoms with Gasteiger partial charge < -0.3 is 14.5 Å². The molecule has 1 heterocycles. The molecule has 0 bridgehead atoms. The number of hydrogen-bond donors (Lipinski definition) is 0. The van der Waals surface area contributed by atoms with Crippen molar-refractivity contribution in [1.82, 2.24) is 4.90 Å². The minimum absolute atomic E-state index is 0.0567. The second kappa shape index (κ2) is 9.20. The van der Waals surface area contributed by atoms with E-state index < -0.39 is 11.7 Å². The first-order valence-electron chi connectivity index (χ1n) is 9.72. The lowest BCUT2D eigenvalue weighted by atomic mass is 10.1. The summed E-state index contributed by atoms with van der Waals surface area (Å²) in [5.41, 5.74) is 1.05. The Morgan fingerprint density at radius 1 is 1.03 bits per heavy atom. The van der Waals surface area contributed by atoms with Gasteiger partial charge in [-0.15, -0.1) is 0 Å². The van der Waals surface area contributed by atoms with Crippen LogP contribution in [0.3, 0.4) is 0 Å². The fourth-order valence-corrected chi connectivity index (χ4v) is 3.30. The normalized spacial score (nSPS) is 14.8. The minimum Gasteiger partial charge on any atom is -0.494 e. The van der Waals surface area contributed by atoms with Crippen LogP contribution >= 0.6 is 0 Å². The van der Waals surface area contributed by atoms with Gasteiger partial charge in [0.25, 0.3) is 0 Å². The highest BCUT2D eigenvalue weighted by molar-refractivity contribution is 5.76. The van der Waals surface area contributed by atoms with Crippen molar-refractivity contribution in [2.75, 3.05) is 37.7 Å². The monoisotopic (exact) mass is 406 g/mol. The molecule has 0 radical (unpaired) electrons. The van der Waals surface area contributed by atoms with E-state index in [2.05, 4.69) is 0 Å². The van der Waals surface area contributed by atoms with Crippen molar-refractivity contribution >= 4 is 11.6 Å². The molecule has 0 N–H and O–H groups in total. The van der Waals surface area contributed by atoms with Crippen LogP contribution in [0.4, 0.5) is 18.9 Å². The molecule has 0 unspecified atom stereocenters. The second-order valence-electron chi connectivity index (χ2n) is 7.18. The molecule has 156 valence electrons. The van der Waals surface area contributed by atoms with Crippen LogP contribution in [-0.4, -0.2) is 43.6 Å². The molecule has 0 aromatic heterocycles. The number of rotatable bonds is 6. The lowest BCUT2D eigenvalue weighted by Crippen LogP contribution is -2.48. The Bertz CT molecular complexity index is 814. The number of amides is 1. The van der Waals surface area contributed by atoms with Gasteiger partial charge in [-0.25, -0.2) is 0 Å². The third-order valence-corrected chi connectivity index (χ3v) is 5.00. The second-order valence-corrected chi connectivity index (χ2v) is 7.18. The van der Waals surface area contributed by atoms with Gasteiger partial charge in [0.05, 0.1) is 12.2 Å². The zero-order valence-electron chi connectivity index (χ0n) is 16.4. The largest absolute Gasteiger partial charge is 0.494 e. The minimum atomic E-state index is -4.35. The maximum atomic E-state index is 12.9. The summed E-state index contributed by atoms with van der Waals surface area (Å²) in [5, 5.41) is 0. The summed E-state index contributed by atoms with van der Waals surface area (Å²) < 4.78 is 44.3. The SMILES string of the molecule is Cc1ccc(OCCCC(=O)N2CCN(c3cccc(C(F)(F)F)c3)CC2)cc1. The summed E-state index contributed by atoms with van der Waals surface area (Å²) in [6.45, 7) is 4.54. The molecule has 0 spiro atoms. The van der Waals surface area contributed by atoms with Crippen molar-refractivity contribution in [2.45, 2.75) is 25.9 Å². The molecule has 0 aliphatic carbocycles. The number of piperazine rings is 1. The van der Waals surface area contributed by atoms with E-state index in [0.29, 0.717) is 51.3 Å². The first-order chi connectivity index (χ1) is 13.8. The number of carbonyl (C=O) groups excluding carboxylic acids is 1. The highest BCUT2D eigenvalue weighted by atomic mass is 19.4. The molecule has 29 heavy (non-hydrogen) atoms. The smallest absolute Gasteiger partial charge is 0.416 e. The average Bonchev–Trinajstić information content (AvgIpc) is 2.72. The van der Waals surface area contributed by atoms with Gasteiger partial charge >= 0.3 is 6.18 Å². The molecule has 3 rings (SSSR count). The van der Waals surface area contributed by atoms with E-state index in [-0.39, 0.29) is 5.91 Å². The molecule has 2 aromatic rings. The van der Waals surface area contributed by atoms with Gasteiger partial charge in [0.2, 0.25) is 5.91 Å². The van der Waals surface area contributed by atoms with Crippen LogP contribution in [0.25, 0.3) is 0 Å². The van der Waals surface area contributed by atoms with Gasteiger partial charge in [0, 0.05) is 38.3 Å². The first-order valence-corrected chi connectivity index (χ1v) is 9.72. The topological polar surface area (TPSA) is 32.8 Å². The van der Waals surface area contributed by atoms with Gasteiger partial charge in [-0.2, -0.15) is 13.2 Å². The van der Waals surface area contributed by atoms with Crippen molar-refractivity contribution < 1.29 is 22.7 Å². The number of nitrogens with zero attached hydrogens (tertiary/aromatic N) is 2. The standard InChI is InChI=1S/C22H25F3N2O2/c1-17-7-9-20(10-8-17)29-15-3-6-21(28)27-13-11-26(12-14-27)19-5-2-4-18(16-19)22(23,24)25/h2,4-5,7-10,16H,3,6,11-15H2,1H3. The predicted molar refractivity (Wildman–Crippen MR) is 106 cm³/mol. The molecule has 2 aromatic carbocycles. The molecule has 1 saturated heterocycles. The number of aryl methyl sites for hydroxylation is 1. The van der Waals surface area contributed by atoms with Gasteiger partial charge in [-0.3, -0.25) is 4.79 Å². The quantitative estimate of drug-likeness (QED) is 0.662. The Balaban J connectivity index is 1.42. The highest BCUT2D eigenvalue weighted by Crippen LogP contribution is 2.31. The molecular weight excluding hydrogens is 381 g/mol. The Kier molecular flexibility index (Phi) is 6.67.